The zero-order valence-electron chi connectivity index (χ0n) is 6.59. The number of carbonyl (C=O) groups is 1. The van der Waals surface area contributed by atoms with E-state index in [2.05, 4.69) is 10.9 Å². The third-order valence-corrected chi connectivity index (χ3v) is 2.07. The summed E-state index contributed by atoms with van der Waals surface area (Å²) in [6.45, 7) is 0.773. The molecule has 0 aliphatic carbocycles. The van der Waals surface area contributed by atoms with Crippen molar-refractivity contribution < 1.29 is 4.79 Å². The summed E-state index contributed by atoms with van der Waals surface area (Å²) in [5.41, 5.74) is 0. The summed E-state index contributed by atoms with van der Waals surface area (Å²) < 4.78 is 0. The fraction of sp³-hybridized carbons (Fsp3) is 0.714. The Kier molecular flexibility index (Phi) is 3.32. The van der Waals surface area contributed by atoms with Crippen LogP contribution in [0.1, 0.15) is 12.8 Å². The van der Waals surface area contributed by atoms with E-state index in [1.54, 1.807) is 4.90 Å². The van der Waals surface area contributed by atoms with Gasteiger partial charge < -0.3 is 4.90 Å². The van der Waals surface area contributed by atoms with Crippen LogP contribution in [0.2, 0.25) is 0 Å². The number of halogens is 1. The van der Waals surface area contributed by atoms with E-state index in [1.165, 1.54) is 0 Å². The molecule has 0 saturated carbocycles. The first kappa shape index (κ1) is 9.30. The fourth-order valence-corrected chi connectivity index (χ4v) is 1.47. The van der Waals surface area contributed by atoms with Crippen LogP contribution < -0.4 is 4.84 Å². The van der Waals surface area contributed by atoms with Crippen molar-refractivity contribution in [3.05, 3.63) is 0 Å². The van der Waals surface area contributed by atoms with E-state index in [-0.39, 0.29) is 18.5 Å². The Bertz CT molecular complexity index is 213. The van der Waals surface area contributed by atoms with E-state index in [0.29, 0.717) is 6.54 Å². The number of hydrogen-bond acceptors (Lipinski definition) is 3. The summed E-state index contributed by atoms with van der Waals surface area (Å²) in [6.07, 6.45) is 1.69. The van der Waals surface area contributed by atoms with Crippen molar-refractivity contribution in [3.8, 4) is 6.07 Å². The Hall–Kier alpha value is -0.790. The normalized spacial score (nSPS) is 22.3. The predicted molar refractivity (Wildman–Crippen MR) is 44.2 cm³/mol. The van der Waals surface area contributed by atoms with Crippen molar-refractivity contribution in [2.24, 2.45) is 0 Å². The predicted octanol–water partition coefficient (Wildman–Crippen LogP) is 0.244. The highest BCUT2D eigenvalue weighted by Gasteiger charge is 2.27. The second-order valence-corrected chi connectivity index (χ2v) is 2.95. The molecule has 1 aliphatic rings. The Morgan fingerprint density at radius 2 is 2.58 bits per heavy atom. The highest BCUT2D eigenvalue weighted by molar-refractivity contribution is 6.14. The first-order valence-corrected chi connectivity index (χ1v) is 4.20. The molecule has 0 radical (unpaired) electrons. The Morgan fingerprint density at radius 1 is 1.83 bits per heavy atom. The number of carbonyl (C=O) groups excluding carboxylic acids is 1. The Balaban J connectivity index is 2.51. The molecule has 1 unspecified atom stereocenters. The number of amides is 1. The molecule has 4 nitrogen and oxygen atoms in total. The molecule has 1 fully saturated rings. The minimum absolute atomic E-state index is 0.0970. The van der Waals surface area contributed by atoms with Gasteiger partial charge in [-0.3, -0.25) is 4.79 Å². The lowest BCUT2D eigenvalue weighted by atomic mass is 10.2. The lowest BCUT2D eigenvalue weighted by molar-refractivity contribution is -0.129. The third-order valence-electron chi connectivity index (χ3n) is 1.94. The molecule has 1 saturated heterocycles. The number of hydrogen-bond donors (Lipinski definition) is 1. The van der Waals surface area contributed by atoms with Crippen molar-refractivity contribution in [1.29, 1.82) is 5.26 Å². The van der Waals surface area contributed by atoms with Crippen LogP contribution >= 0.6 is 11.8 Å². The number of nitrogens with zero attached hydrogens (tertiary/aromatic N) is 2. The highest BCUT2D eigenvalue weighted by Crippen LogP contribution is 2.15. The number of rotatable bonds is 2. The smallest absolute Gasteiger partial charge is 0.238 e. The van der Waals surface area contributed by atoms with Gasteiger partial charge in [0, 0.05) is 6.54 Å². The van der Waals surface area contributed by atoms with Gasteiger partial charge in [0.15, 0.2) is 0 Å². The van der Waals surface area contributed by atoms with Gasteiger partial charge in [0.2, 0.25) is 5.91 Å². The summed E-state index contributed by atoms with van der Waals surface area (Å²) in [6, 6.07) is 1.84. The lowest BCUT2D eigenvalue weighted by Crippen LogP contribution is -2.38. The van der Waals surface area contributed by atoms with Crippen molar-refractivity contribution in [2.75, 3.05) is 13.1 Å². The van der Waals surface area contributed by atoms with E-state index < -0.39 is 0 Å². The summed E-state index contributed by atoms with van der Waals surface area (Å²) in [7, 11) is 0. The average Bonchev–Trinajstić information content (AvgIpc) is 2.51. The van der Waals surface area contributed by atoms with Crippen LogP contribution in [-0.4, -0.2) is 29.9 Å². The largest absolute Gasteiger partial charge is 0.326 e. The second kappa shape index (κ2) is 4.29. The first-order valence-electron chi connectivity index (χ1n) is 3.82. The van der Waals surface area contributed by atoms with Crippen LogP contribution in [-0.2, 0) is 4.79 Å². The average molecular weight is 188 g/mol. The van der Waals surface area contributed by atoms with Gasteiger partial charge in [-0.15, -0.1) is 0 Å². The van der Waals surface area contributed by atoms with Crippen LogP contribution in [0.3, 0.4) is 0 Å². The molecule has 66 valence electrons. The van der Waals surface area contributed by atoms with Crippen LogP contribution in [0, 0.1) is 11.3 Å². The molecule has 1 rings (SSSR count). The zero-order valence-corrected chi connectivity index (χ0v) is 7.34. The molecule has 5 heteroatoms. The monoisotopic (exact) mass is 187 g/mol. The SMILES string of the molecule is N#CC1CCCN1C(=O)CNCl. The summed E-state index contributed by atoms with van der Waals surface area (Å²) in [4.78, 5) is 15.1. The van der Waals surface area contributed by atoms with Gasteiger partial charge in [-0.05, 0) is 24.6 Å². The van der Waals surface area contributed by atoms with E-state index in [1.807, 2.05) is 0 Å². The molecule has 0 aromatic carbocycles. The standard InChI is InChI=1S/C7H10ClN3O/c8-10-5-7(12)11-3-1-2-6(11)4-9/h6,10H,1-3,5H2. The van der Waals surface area contributed by atoms with Crippen LogP contribution in [0.4, 0.5) is 0 Å². The summed E-state index contributed by atoms with van der Waals surface area (Å²) in [5, 5.41) is 8.66. The highest BCUT2D eigenvalue weighted by atomic mass is 35.5. The molecule has 0 bridgehead atoms. The van der Waals surface area contributed by atoms with Gasteiger partial charge in [0.1, 0.15) is 6.04 Å². The molecular weight excluding hydrogens is 178 g/mol. The molecule has 0 aromatic rings. The number of likely N-dealkylation sites (tertiary alicyclic amines) is 1. The summed E-state index contributed by atoms with van der Waals surface area (Å²) in [5.74, 6) is -0.103. The van der Waals surface area contributed by atoms with E-state index in [9.17, 15) is 4.79 Å². The van der Waals surface area contributed by atoms with Crippen LogP contribution in [0.15, 0.2) is 0 Å². The second-order valence-electron chi connectivity index (χ2n) is 2.68. The topological polar surface area (TPSA) is 56.1 Å². The van der Waals surface area contributed by atoms with Crippen molar-refractivity contribution in [2.45, 2.75) is 18.9 Å². The summed E-state index contributed by atoms with van der Waals surface area (Å²) >= 11 is 5.19. The zero-order chi connectivity index (χ0) is 8.97. The maximum Gasteiger partial charge on any atom is 0.238 e. The molecule has 1 amide bonds. The lowest BCUT2D eigenvalue weighted by Gasteiger charge is -2.18. The van der Waals surface area contributed by atoms with Gasteiger partial charge in [-0.2, -0.15) is 5.26 Å². The third kappa shape index (κ3) is 1.87. The van der Waals surface area contributed by atoms with E-state index in [0.717, 1.165) is 12.8 Å². The van der Waals surface area contributed by atoms with Gasteiger partial charge in [0.25, 0.3) is 0 Å². The first-order chi connectivity index (χ1) is 5.79. The molecule has 1 N–H and O–H groups in total. The van der Waals surface area contributed by atoms with Crippen molar-refractivity contribution >= 4 is 17.7 Å². The molecular formula is C7H10ClN3O. The molecule has 1 atom stereocenters. The van der Waals surface area contributed by atoms with Gasteiger partial charge in [-0.1, -0.05) is 0 Å². The van der Waals surface area contributed by atoms with E-state index in [4.69, 9.17) is 17.0 Å². The quantitative estimate of drug-likeness (QED) is 0.631. The van der Waals surface area contributed by atoms with Gasteiger partial charge >= 0.3 is 0 Å². The number of nitriles is 1. The van der Waals surface area contributed by atoms with Crippen LogP contribution in [0.25, 0.3) is 0 Å². The number of nitrogens with one attached hydrogen (secondary N) is 1. The Labute approximate surface area is 76.2 Å². The van der Waals surface area contributed by atoms with Gasteiger partial charge in [-0.25, -0.2) is 4.84 Å². The Morgan fingerprint density at radius 3 is 3.17 bits per heavy atom. The maximum absolute atomic E-state index is 11.2. The van der Waals surface area contributed by atoms with Crippen LogP contribution in [0.5, 0.6) is 0 Å². The minimum Gasteiger partial charge on any atom is -0.326 e. The van der Waals surface area contributed by atoms with Gasteiger partial charge in [0.05, 0.1) is 12.6 Å². The molecule has 1 aliphatic heterocycles. The molecule has 1 heterocycles. The van der Waals surface area contributed by atoms with Crippen molar-refractivity contribution in [3.63, 3.8) is 0 Å². The molecule has 0 aromatic heterocycles. The molecule has 0 spiro atoms. The minimum atomic E-state index is -0.248. The maximum atomic E-state index is 11.2. The van der Waals surface area contributed by atoms with Crippen molar-refractivity contribution in [1.82, 2.24) is 9.74 Å². The molecule has 12 heavy (non-hydrogen) atoms. The fourth-order valence-electron chi connectivity index (χ4n) is 1.36. The van der Waals surface area contributed by atoms with E-state index >= 15 is 0 Å².